The van der Waals surface area contributed by atoms with Gasteiger partial charge in [-0.3, -0.25) is 4.90 Å². The van der Waals surface area contributed by atoms with Gasteiger partial charge in [-0.2, -0.15) is 0 Å². The van der Waals surface area contributed by atoms with Gasteiger partial charge in [-0.1, -0.05) is 5.16 Å². The van der Waals surface area contributed by atoms with E-state index in [4.69, 9.17) is 18.7 Å². The lowest BCUT2D eigenvalue weighted by Crippen LogP contribution is -2.38. The van der Waals surface area contributed by atoms with Crippen molar-refractivity contribution in [3.05, 3.63) is 36.3 Å². The second kappa shape index (κ2) is 10.4. The van der Waals surface area contributed by atoms with Crippen molar-refractivity contribution in [1.82, 2.24) is 10.5 Å². The SMILES string of the molecule is COCCOC(=O)N[C@H]1CCN(c2ccc(N3C[C@H](CNc4ccon4)OC3=O)cc2F)C1. The van der Waals surface area contributed by atoms with Gasteiger partial charge in [-0.05, 0) is 24.6 Å². The number of methoxy groups -OCH3 is 1. The number of aromatic nitrogens is 1. The normalized spacial score (nSPS) is 20.1. The van der Waals surface area contributed by atoms with Crippen molar-refractivity contribution in [2.24, 2.45) is 0 Å². The number of cyclic esters (lactones) is 1. The summed E-state index contributed by atoms with van der Waals surface area (Å²) in [5, 5.41) is 9.53. The van der Waals surface area contributed by atoms with Crippen LogP contribution in [0.4, 0.5) is 31.2 Å². The first kappa shape index (κ1) is 22.6. The van der Waals surface area contributed by atoms with E-state index in [-0.39, 0.29) is 19.2 Å². The lowest BCUT2D eigenvalue weighted by atomic mass is 10.2. The van der Waals surface area contributed by atoms with Gasteiger partial charge in [-0.25, -0.2) is 14.0 Å². The van der Waals surface area contributed by atoms with Crippen LogP contribution in [-0.2, 0) is 14.2 Å². The summed E-state index contributed by atoms with van der Waals surface area (Å²) in [5.41, 5.74) is 0.827. The molecule has 1 aromatic heterocycles. The fraction of sp³-hybridized carbons (Fsp3) is 0.476. The van der Waals surface area contributed by atoms with Crippen LogP contribution in [-0.4, -0.2) is 76.0 Å². The third-order valence-corrected chi connectivity index (χ3v) is 5.44. The molecular weight excluding hydrogens is 437 g/mol. The van der Waals surface area contributed by atoms with Crippen molar-refractivity contribution >= 4 is 29.4 Å². The van der Waals surface area contributed by atoms with E-state index in [1.165, 1.54) is 24.3 Å². The molecule has 2 aromatic rings. The van der Waals surface area contributed by atoms with Crippen LogP contribution in [0.3, 0.4) is 0 Å². The zero-order valence-corrected chi connectivity index (χ0v) is 18.2. The Labute approximate surface area is 189 Å². The maximum absolute atomic E-state index is 14.9. The number of hydrogen-bond acceptors (Lipinski definition) is 9. The van der Waals surface area contributed by atoms with Gasteiger partial charge < -0.3 is 34.3 Å². The van der Waals surface area contributed by atoms with Crippen molar-refractivity contribution in [2.75, 3.05) is 61.6 Å². The number of carbonyl (C=O) groups is 2. The smallest absolute Gasteiger partial charge is 0.414 e. The standard InChI is InChI=1S/C21H26FN5O6/c1-30-8-9-31-20(28)24-14-4-6-26(12-14)18-3-2-15(10-17(18)22)27-13-16(33-21(27)29)11-23-19-5-7-32-25-19/h2-3,5,7,10,14,16H,4,6,8-9,11-13H2,1H3,(H,23,25)(H,24,28)/t14-,16-/m0/s1. The summed E-state index contributed by atoms with van der Waals surface area (Å²) in [5.74, 6) is 0.0920. The molecule has 2 aliphatic heterocycles. The third kappa shape index (κ3) is 5.64. The van der Waals surface area contributed by atoms with E-state index in [1.54, 1.807) is 18.2 Å². The Balaban J connectivity index is 1.31. The van der Waals surface area contributed by atoms with Gasteiger partial charge >= 0.3 is 12.2 Å². The number of rotatable bonds is 9. The zero-order valence-electron chi connectivity index (χ0n) is 18.2. The molecule has 4 rings (SSSR count). The highest BCUT2D eigenvalue weighted by molar-refractivity contribution is 5.90. The molecule has 1 aromatic carbocycles. The Morgan fingerprint density at radius 3 is 2.94 bits per heavy atom. The van der Waals surface area contributed by atoms with Crippen LogP contribution < -0.4 is 20.4 Å². The Morgan fingerprint density at radius 2 is 2.18 bits per heavy atom. The van der Waals surface area contributed by atoms with Crippen LogP contribution in [0.1, 0.15) is 6.42 Å². The van der Waals surface area contributed by atoms with E-state index in [2.05, 4.69) is 15.8 Å². The quantitative estimate of drug-likeness (QED) is 0.540. The molecule has 0 radical (unpaired) electrons. The molecule has 178 valence electrons. The lowest BCUT2D eigenvalue weighted by molar-refractivity contribution is 0.0969. The van der Waals surface area contributed by atoms with Crippen molar-refractivity contribution in [2.45, 2.75) is 18.6 Å². The number of anilines is 3. The van der Waals surface area contributed by atoms with Crippen LogP contribution in [0.2, 0.25) is 0 Å². The number of ether oxygens (including phenoxy) is 3. The summed E-state index contributed by atoms with van der Waals surface area (Å²) in [7, 11) is 1.53. The largest absolute Gasteiger partial charge is 0.447 e. The highest BCUT2D eigenvalue weighted by atomic mass is 19.1. The molecule has 0 bridgehead atoms. The predicted molar refractivity (Wildman–Crippen MR) is 116 cm³/mol. The van der Waals surface area contributed by atoms with E-state index in [9.17, 15) is 14.0 Å². The summed E-state index contributed by atoms with van der Waals surface area (Å²) in [6.45, 7) is 2.17. The lowest BCUT2D eigenvalue weighted by Gasteiger charge is -2.21. The molecule has 0 aliphatic carbocycles. The van der Waals surface area contributed by atoms with Gasteiger partial charge in [0.25, 0.3) is 0 Å². The Morgan fingerprint density at radius 1 is 1.30 bits per heavy atom. The molecule has 3 heterocycles. The summed E-state index contributed by atoms with van der Waals surface area (Å²) in [4.78, 5) is 27.3. The number of hydrogen-bond donors (Lipinski definition) is 2. The minimum absolute atomic E-state index is 0.148. The van der Waals surface area contributed by atoms with Crippen molar-refractivity contribution in [3.8, 4) is 0 Å². The number of nitrogens with one attached hydrogen (secondary N) is 2. The van der Waals surface area contributed by atoms with E-state index < -0.39 is 24.1 Å². The number of amides is 2. The summed E-state index contributed by atoms with van der Waals surface area (Å²) < 4.78 is 34.9. The molecule has 33 heavy (non-hydrogen) atoms. The first-order valence-electron chi connectivity index (χ1n) is 10.6. The molecular formula is C21H26FN5O6. The molecule has 12 heteroatoms. The van der Waals surface area contributed by atoms with E-state index in [0.717, 1.165) is 0 Å². The average Bonchev–Trinajstić information content (AvgIpc) is 3.54. The number of halogens is 1. The monoisotopic (exact) mass is 463 g/mol. The molecule has 0 spiro atoms. The zero-order chi connectivity index (χ0) is 23.2. The number of nitrogens with zero attached hydrogens (tertiary/aromatic N) is 3. The minimum Gasteiger partial charge on any atom is -0.447 e. The fourth-order valence-electron chi connectivity index (χ4n) is 3.80. The molecule has 11 nitrogen and oxygen atoms in total. The van der Waals surface area contributed by atoms with E-state index in [0.29, 0.717) is 49.9 Å². The average molecular weight is 463 g/mol. The maximum Gasteiger partial charge on any atom is 0.414 e. The molecule has 2 fully saturated rings. The van der Waals surface area contributed by atoms with Gasteiger partial charge in [0.2, 0.25) is 0 Å². The van der Waals surface area contributed by atoms with Gasteiger partial charge in [0.1, 0.15) is 24.8 Å². The highest BCUT2D eigenvalue weighted by Crippen LogP contribution is 2.30. The first-order chi connectivity index (χ1) is 16.0. The van der Waals surface area contributed by atoms with Gasteiger partial charge in [0.05, 0.1) is 37.1 Å². The Bertz CT molecular complexity index is 959. The topological polar surface area (TPSA) is 118 Å². The maximum atomic E-state index is 14.9. The summed E-state index contributed by atoms with van der Waals surface area (Å²) >= 11 is 0. The molecule has 2 aliphatic rings. The van der Waals surface area contributed by atoms with Gasteiger partial charge in [-0.15, -0.1) is 0 Å². The molecule has 2 N–H and O–H groups in total. The van der Waals surface area contributed by atoms with Crippen LogP contribution >= 0.6 is 0 Å². The van der Waals surface area contributed by atoms with Crippen LogP contribution in [0.15, 0.2) is 35.1 Å². The van der Waals surface area contributed by atoms with Crippen molar-refractivity contribution < 1.29 is 32.7 Å². The third-order valence-electron chi connectivity index (χ3n) is 5.44. The molecule has 0 unspecified atom stereocenters. The number of alkyl carbamates (subject to hydrolysis) is 1. The van der Waals surface area contributed by atoms with Gasteiger partial charge in [0.15, 0.2) is 5.82 Å². The van der Waals surface area contributed by atoms with Crippen LogP contribution in [0.25, 0.3) is 0 Å². The second-order valence-corrected chi connectivity index (χ2v) is 7.72. The Hall–Kier alpha value is -3.54. The number of carbonyl (C=O) groups excluding carboxylic acids is 2. The fourth-order valence-corrected chi connectivity index (χ4v) is 3.80. The Kier molecular flexibility index (Phi) is 7.13. The van der Waals surface area contributed by atoms with Crippen molar-refractivity contribution in [1.29, 1.82) is 0 Å². The second-order valence-electron chi connectivity index (χ2n) is 7.72. The van der Waals surface area contributed by atoms with E-state index in [1.807, 2.05) is 4.90 Å². The van der Waals surface area contributed by atoms with E-state index >= 15 is 0 Å². The minimum atomic E-state index is -0.536. The van der Waals surface area contributed by atoms with Crippen molar-refractivity contribution in [3.63, 3.8) is 0 Å². The van der Waals surface area contributed by atoms with Crippen LogP contribution in [0, 0.1) is 5.82 Å². The molecule has 2 saturated heterocycles. The van der Waals surface area contributed by atoms with Crippen LogP contribution in [0.5, 0.6) is 0 Å². The van der Waals surface area contributed by atoms with Gasteiger partial charge in [0, 0.05) is 26.3 Å². The summed E-state index contributed by atoms with van der Waals surface area (Å²) in [6, 6.07) is 6.16. The molecule has 2 atom stereocenters. The number of benzene rings is 1. The first-order valence-corrected chi connectivity index (χ1v) is 10.6. The molecule has 2 amide bonds. The summed E-state index contributed by atoms with van der Waals surface area (Å²) in [6.07, 6.45) is 0.638. The predicted octanol–water partition coefficient (Wildman–Crippen LogP) is 2.20. The highest BCUT2D eigenvalue weighted by Gasteiger charge is 2.33. The molecule has 0 saturated carbocycles.